The van der Waals surface area contributed by atoms with Gasteiger partial charge in [0.15, 0.2) is 5.78 Å². The van der Waals surface area contributed by atoms with Crippen LogP contribution in [0.4, 0.5) is 0 Å². The zero-order chi connectivity index (χ0) is 8.81. The monoisotopic (exact) mass is 172 g/mol. The first-order valence-corrected chi connectivity index (χ1v) is 4.54. The van der Waals surface area contributed by atoms with Crippen LogP contribution in [0.25, 0.3) is 0 Å². The second kappa shape index (κ2) is 5.27. The molecule has 0 aromatic heterocycles. The van der Waals surface area contributed by atoms with Gasteiger partial charge in [0, 0.05) is 19.6 Å². The first kappa shape index (κ1) is 9.68. The van der Waals surface area contributed by atoms with E-state index in [-0.39, 0.29) is 18.5 Å². The molecule has 1 unspecified atom stereocenters. The Bertz CT molecular complexity index is 139. The largest absolute Gasteiger partial charge is 0.378 e. The van der Waals surface area contributed by atoms with Gasteiger partial charge in [-0.25, -0.2) is 0 Å². The number of carbonyl (C=O) groups is 1. The SMILES string of the molecule is CCOCC(=O)CC1CCCO1. The molecular weight excluding hydrogens is 156 g/mol. The molecule has 3 nitrogen and oxygen atoms in total. The van der Waals surface area contributed by atoms with Crippen LogP contribution < -0.4 is 0 Å². The van der Waals surface area contributed by atoms with Crippen molar-refractivity contribution in [2.24, 2.45) is 0 Å². The van der Waals surface area contributed by atoms with E-state index in [0.717, 1.165) is 19.4 Å². The van der Waals surface area contributed by atoms with Gasteiger partial charge in [0.25, 0.3) is 0 Å². The Morgan fingerprint density at radius 2 is 2.50 bits per heavy atom. The van der Waals surface area contributed by atoms with Gasteiger partial charge >= 0.3 is 0 Å². The zero-order valence-electron chi connectivity index (χ0n) is 7.54. The van der Waals surface area contributed by atoms with Crippen LogP contribution in [0.5, 0.6) is 0 Å². The molecule has 1 fully saturated rings. The van der Waals surface area contributed by atoms with E-state index >= 15 is 0 Å². The van der Waals surface area contributed by atoms with Gasteiger partial charge < -0.3 is 9.47 Å². The summed E-state index contributed by atoms with van der Waals surface area (Å²) in [5.41, 5.74) is 0. The fraction of sp³-hybridized carbons (Fsp3) is 0.889. The third-order valence-electron chi connectivity index (χ3n) is 1.95. The number of hydrogen-bond acceptors (Lipinski definition) is 3. The summed E-state index contributed by atoms with van der Waals surface area (Å²) < 4.78 is 10.3. The maximum absolute atomic E-state index is 11.2. The summed E-state index contributed by atoms with van der Waals surface area (Å²) in [6, 6.07) is 0. The highest BCUT2D eigenvalue weighted by Crippen LogP contribution is 2.15. The molecule has 0 aromatic carbocycles. The fourth-order valence-electron chi connectivity index (χ4n) is 1.33. The van der Waals surface area contributed by atoms with E-state index < -0.39 is 0 Å². The summed E-state index contributed by atoms with van der Waals surface area (Å²) in [5, 5.41) is 0. The van der Waals surface area contributed by atoms with Crippen molar-refractivity contribution in [2.75, 3.05) is 19.8 Å². The van der Waals surface area contributed by atoms with Crippen LogP contribution >= 0.6 is 0 Å². The number of ketones is 1. The summed E-state index contributed by atoms with van der Waals surface area (Å²) in [6.45, 7) is 3.56. The van der Waals surface area contributed by atoms with Crippen LogP contribution in [0.1, 0.15) is 26.2 Å². The smallest absolute Gasteiger partial charge is 0.161 e. The van der Waals surface area contributed by atoms with E-state index in [1.807, 2.05) is 6.92 Å². The lowest BCUT2D eigenvalue weighted by Gasteiger charge is -2.07. The molecule has 1 atom stereocenters. The molecule has 0 radical (unpaired) electrons. The molecule has 0 N–H and O–H groups in total. The Morgan fingerprint density at radius 1 is 1.67 bits per heavy atom. The molecule has 1 saturated heterocycles. The second-order valence-corrected chi connectivity index (χ2v) is 3.01. The predicted octanol–water partition coefficient (Wildman–Crippen LogP) is 1.16. The molecule has 1 aliphatic heterocycles. The fourth-order valence-corrected chi connectivity index (χ4v) is 1.33. The first-order valence-electron chi connectivity index (χ1n) is 4.54. The van der Waals surface area contributed by atoms with E-state index in [1.54, 1.807) is 0 Å². The van der Waals surface area contributed by atoms with E-state index in [2.05, 4.69) is 0 Å². The molecule has 3 heteroatoms. The maximum Gasteiger partial charge on any atom is 0.161 e. The van der Waals surface area contributed by atoms with Crippen LogP contribution in [-0.4, -0.2) is 31.7 Å². The minimum Gasteiger partial charge on any atom is -0.378 e. The van der Waals surface area contributed by atoms with Gasteiger partial charge in [-0.2, -0.15) is 0 Å². The average molecular weight is 172 g/mol. The molecule has 70 valence electrons. The van der Waals surface area contributed by atoms with Crippen molar-refractivity contribution < 1.29 is 14.3 Å². The topological polar surface area (TPSA) is 35.5 Å². The summed E-state index contributed by atoms with van der Waals surface area (Å²) in [7, 11) is 0. The van der Waals surface area contributed by atoms with E-state index in [0.29, 0.717) is 13.0 Å². The van der Waals surface area contributed by atoms with Crippen LogP contribution in [-0.2, 0) is 14.3 Å². The van der Waals surface area contributed by atoms with Gasteiger partial charge in [-0.3, -0.25) is 4.79 Å². The summed E-state index contributed by atoms with van der Waals surface area (Å²) in [6.07, 6.45) is 2.81. The van der Waals surface area contributed by atoms with Gasteiger partial charge in [0.05, 0.1) is 6.10 Å². The minimum absolute atomic E-state index is 0.156. The van der Waals surface area contributed by atoms with Crippen molar-refractivity contribution in [1.29, 1.82) is 0 Å². The number of Topliss-reactive ketones (excluding diaryl/α,β-unsaturated/α-hetero) is 1. The number of rotatable bonds is 5. The molecule has 0 bridgehead atoms. The molecule has 1 rings (SSSR count). The van der Waals surface area contributed by atoms with Gasteiger partial charge in [-0.1, -0.05) is 0 Å². The molecule has 1 aliphatic rings. The van der Waals surface area contributed by atoms with Crippen LogP contribution in [0.15, 0.2) is 0 Å². The van der Waals surface area contributed by atoms with Crippen LogP contribution in [0.2, 0.25) is 0 Å². The zero-order valence-corrected chi connectivity index (χ0v) is 7.54. The maximum atomic E-state index is 11.2. The van der Waals surface area contributed by atoms with Crippen molar-refractivity contribution in [3.05, 3.63) is 0 Å². The molecule has 0 aliphatic carbocycles. The highest BCUT2D eigenvalue weighted by atomic mass is 16.5. The predicted molar refractivity (Wildman–Crippen MR) is 45.1 cm³/mol. The van der Waals surface area contributed by atoms with E-state index in [9.17, 15) is 4.79 Å². The molecule has 0 aromatic rings. The lowest BCUT2D eigenvalue weighted by molar-refractivity contribution is -0.125. The van der Waals surface area contributed by atoms with Crippen molar-refractivity contribution in [3.63, 3.8) is 0 Å². The standard InChI is InChI=1S/C9H16O3/c1-2-11-7-8(10)6-9-4-3-5-12-9/h9H,2-7H2,1H3. The Balaban J connectivity index is 2.08. The summed E-state index contributed by atoms with van der Waals surface area (Å²) in [4.78, 5) is 11.2. The minimum atomic E-state index is 0.156. The second-order valence-electron chi connectivity index (χ2n) is 3.01. The molecular formula is C9H16O3. The highest BCUT2D eigenvalue weighted by Gasteiger charge is 2.18. The molecule has 1 heterocycles. The summed E-state index contributed by atoms with van der Waals surface area (Å²) in [5.74, 6) is 0.156. The van der Waals surface area contributed by atoms with Gasteiger partial charge in [-0.05, 0) is 19.8 Å². The van der Waals surface area contributed by atoms with Crippen molar-refractivity contribution >= 4 is 5.78 Å². The normalized spacial score (nSPS) is 22.9. The van der Waals surface area contributed by atoms with Crippen molar-refractivity contribution in [1.82, 2.24) is 0 Å². The third kappa shape index (κ3) is 3.32. The van der Waals surface area contributed by atoms with Gasteiger partial charge in [0.1, 0.15) is 6.61 Å². The number of ether oxygens (including phenoxy) is 2. The van der Waals surface area contributed by atoms with Gasteiger partial charge in [0.2, 0.25) is 0 Å². The van der Waals surface area contributed by atoms with Crippen LogP contribution in [0, 0.1) is 0 Å². The third-order valence-corrected chi connectivity index (χ3v) is 1.95. The number of hydrogen-bond donors (Lipinski definition) is 0. The van der Waals surface area contributed by atoms with Crippen molar-refractivity contribution in [3.8, 4) is 0 Å². The van der Waals surface area contributed by atoms with Crippen LogP contribution in [0.3, 0.4) is 0 Å². The molecule has 0 spiro atoms. The van der Waals surface area contributed by atoms with E-state index in [4.69, 9.17) is 9.47 Å². The Labute approximate surface area is 73.0 Å². The van der Waals surface area contributed by atoms with E-state index in [1.165, 1.54) is 0 Å². The first-order chi connectivity index (χ1) is 5.83. The Kier molecular flexibility index (Phi) is 4.25. The average Bonchev–Trinajstić information content (AvgIpc) is 2.53. The molecule has 0 amide bonds. The Hall–Kier alpha value is -0.410. The Morgan fingerprint density at radius 3 is 3.08 bits per heavy atom. The molecule has 12 heavy (non-hydrogen) atoms. The van der Waals surface area contributed by atoms with Crippen molar-refractivity contribution in [2.45, 2.75) is 32.3 Å². The highest BCUT2D eigenvalue weighted by molar-refractivity contribution is 5.80. The number of carbonyl (C=O) groups excluding carboxylic acids is 1. The summed E-state index contributed by atoms with van der Waals surface area (Å²) >= 11 is 0. The van der Waals surface area contributed by atoms with Gasteiger partial charge in [-0.15, -0.1) is 0 Å². The lowest BCUT2D eigenvalue weighted by atomic mass is 10.1. The lowest BCUT2D eigenvalue weighted by Crippen LogP contribution is -2.16. The quantitative estimate of drug-likeness (QED) is 0.624. The molecule has 0 saturated carbocycles.